The van der Waals surface area contributed by atoms with Gasteiger partial charge in [-0.25, -0.2) is 13.4 Å². The summed E-state index contributed by atoms with van der Waals surface area (Å²) in [6.45, 7) is -0.300. The molecule has 4 aromatic rings. The molecule has 2 atom stereocenters. The van der Waals surface area contributed by atoms with E-state index >= 15 is 0 Å². The molecule has 0 unspecified atom stereocenters. The van der Waals surface area contributed by atoms with E-state index in [4.69, 9.17) is 14.2 Å². The van der Waals surface area contributed by atoms with Crippen molar-refractivity contribution in [2.24, 2.45) is 0 Å². The highest BCUT2D eigenvalue weighted by Gasteiger charge is 2.30. The van der Waals surface area contributed by atoms with E-state index < -0.39 is 22.2 Å². The molecule has 5 rings (SSSR count). The fourth-order valence-corrected chi connectivity index (χ4v) is 6.76. The molecule has 11 nitrogen and oxygen atoms in total. The van der Waals surface area contributed by atoms with Crippen molar-refractivity contribution in [1.82, 2.24) is 19.6 Å². The minimum Gasteiger partial charge on any atom is -0.497 e. The van der Waals surface area contributed by atoms with E-state index in [0.717, 1.165) is 20.9 Å². The number of aromatic amines is 1. The first-order valence-corrected chi connectivity index (χ1v) is 15.7. The highest BCUT2D eigenvalue weighted by Crippen LogP contribution is 2.32. The van der Waals surface area contributed by atoms with Crippen LogP contribution in [-0.4, -0.2) is 73.4 Å². The van der Waals surface area contributed by atoms with Gasteiger partial charge in [-0.05, 0) is 64.9 Å². The van der Waals surface area contributed by atoms with Crippen LogP contribution >= 0.6 is 11.3 Å². The fraction of sp³-hybridized carbons (Fsp3) is 0.310. The van der Waals surface area contributed by atoms with Crippen LogP contribution in [0.15, 0.2) is 82.1 Å². The lowest BCUT2D eigenvalue weighted by Gasteiger charge is -2.29. The lowest BCUT2D eigenvalue weighted by molar-refractivity contribution is -0.146. The van der Waals surface area contributed by atoms with E-state index in [0.29, 0.717) is 18.0 Å². The molecule has 1 aliphatic heterocycles. The normalized spacial score (nSPS) is 17.2. The minimum atomic E-state index is -3.89. The van der Waals surface area contributed by atoms with E-state index in [-0.39, 0.29) is 49.4 Å². The number of para-hydroxylation sites is 2. The van der Waals surface area contributed by atoms with Gasteiger partial charge >= 0.3 is 0 Å². The number of allylic oxidation sites excluding steroid dienone is 1. The van der Waals surface area contributed by atoms with E-state index in [2.05, 4.69) is 15.3 Å². The zero-order valence-electron chi connectivity index (χ0n) is 22.9. The Hall–Kier alpha value is -3.75. The summed E-state index contributed by atoms with van der Waals surface area (Å²) in [7, 11) is -2.39. The third-order valence-corrected chi connectivity index (χ3v) is 9.41. The number of rotatable bonds is 13. The molecular weight excluding hydrogens is 580 g/mol. The van der Waals surface area contributed by atoms with Crippen LogP contribution in [0.25, 0.3) is 11.0 Å². The van der Waals surface area contributed by atoms with Crippen LogP contribution in [-0.2, 0) is 30.8 Å². The number of fused-ring (bicyclic) bond motifs is 1. The highest BCUT2D eigenvalue weighted by atomic mass is 32.2. The van der Waals surface area contributed by atoms with Crippen molar-refractivity contribution in [2.45, 2.75) is 30.1 Å². The Bertz CT molecular complexity index is 1590. The summed E-state index contributed by atoms with van der Waals surface area (Å²) in [5.74, 6) is 0.736. The monoisotopic (exact) mass is 612 g/mol. The molecule has 222 valence electrons. The van der Waals surface area contributed by atoms with Gasteiger partial charge in [0.1, 0.15) is 11.6 Å². The summed E-state index contributed by atoms with van der Waals surface area (Å²) in [5.41, 5.74) is 2.72. The number of carbonyl (C=O) groups excluding carboxylic acids is 1. The fourth-order valence-electron chi connectivity index (χ4n) is 4.62. The third kappa shape index (κ3) is 6.99. The number of hydrogen-bond donors (Lipinski definition) is 3. The standard InChI is InChI=1S/C29H32N4O7S2/c1-38-22-6-8-23(9-7-22)42(36,37)33(11-13-34)12-14-39-28-17-21(20-10-15-41-19-20)16-26(40-28)29(35)30-18-27-31-24-4-2-3-5-25(24)32-27/h2-10,15-16,19,21,28,34H,11-14,17-18H2,1H3,(H,30,35)(H,31,32)/t21-,28+/m1/s1. The van der Waals surface area contributed by atoms with Crippen LogP contribution in [0.3, 0.4) is 0 Å². The largest absolute Gasteiger partial charge is 0.497 e. The number of H-pyrrole nitrogens is 1. The number of aliphatic hydroxyl groups excluding tert-OH is 1. The van der Waals surface area contributed by atoms with Gasteiger partial charge in [0.15, 0.2) is 5.76 Å². The molecule has 42 heavy (non-hydrogen) atoms. The smallest absolute Gasteiger partial charge is 0.286 e. The lowest BCUT2D eigenvalue weighted by Crippen LogP contribution is -2.38. The Kier molecular flexibility index (Phi) is 9.55. The number of aliphatic hydroxyl groups is 1. The second-order valence-electron chi connectivity index (χ2n) is 9.53. The first-order valence-electron chi connectivity index (χ1n) is 13.4. The molecule has 3 heterocycles. The zero-order valence-corrected chi connectivity index (χ0v) is 24.6. The molecule has 0 radical (unpaired) electrons. The van der Waals surface area contributed by atoms with E-state index in [9.17, 15) is 18.3 Å². The van der Waals surface area contributed by atoms with Gasteiger partial charge in [0.25, 0.3) is 5.91 Å². The molecule has 0 bridgehead atoms. The molecule has 1 amide bonds. The number of amides is 1. The molecule has 3 N–H and O–H groups in total. The Labute approximate surface area is 247 Å². The number of nitrogens with one attached hydrogen (secondary N) is 2. The molecule has 0 fully saturated rings. The first kappa shape index (κ1) is 29.7. The number of imidazole rings is 1. The van der Waals surface area contributed by atoms with Crippen molar-refractivity contribution in [2.75, 3.05) is 33.4 Å². The summed E-state index contributed by atoms with van der Waals surface area (Å²) >= 11 is 1.55. The highest BCUT2D eigenvalue weighted by molar-refractivity contribution is 7.89. The molecule has 13 heteroatoms. The maximum atomic E-state index is 13.2. The second-order valence-corrected chi connectivity index (χ2v) is 12.3. The van der Waals surface area contributed by atoms with Gasteiger partial charge in [-0.15, -0.1) is 0 Å². The number of benzene rings is 2. The topological polar surface area (TPSA) is 143 Å². The maximum absolute atomic E-state index is 13.2. The van der Waals surface area contributed by atoms with Crippen molar-refractivity contribution in [1.29, 1.82) is 0 Å². The maximum Gasteiger partial charge on any atom is 0.286 e. The third-order valence-electron chi connectivity index (χ3n) is 6.80. The number of aromatic nitrogens is 2. The van der Waals surface area contributed by atoms with Crippen molar-refractivity contribution in [3.8, 4) is 5.75 Å². The van der Waals surface area contributed by atoms with Crippen molar-refractivity contribution < 1.29 is 32.5 Å². The van der Waals surface area contributed by atoms with E-state index in [1.165, 1.54) is 19.2 Å². The number of thiophene rings is 1. The van der Waals surface area contributed by atoms with Gasteiger partial charge < -0.3 is 29.6 Å². The molecule has 2 aromatic heterocycles. The van der Waals surface area contributed by atoms with Gasteiger partial charge in [0.05, 0.1) is 42.8 Å². The van der Waals surface area contributed by atoms with Crippen LogP contribution < -0.4 is 10.1 Å². The Balaban J connectivity index is 1.23. The summed E-state index contributed by atoms with van der Waals surface area (Å²) in [6.07, 6.45) is 1.44. The van der Waals surface area contributed by atoms with Gasteiger partial charge in [0.2, 0.25) is 16.3 Å². The summed E-state index contributed by atoms with van der Waals surface area (Å²) in [6, 6.07) is 15.6. The quantitative estimate of drug-likeness (QED) is 0.209. The average molecular weight is 613 g/mol. The summed E-state index contributed by atoms with van der Waals surface area (Å²) in [4.78, 5) is 20.9. The lowest BCUT2D eigenvalue weighted by atomic mass is 9.95. The number of methoxy groups -OCH3 is 1. The van der Waals surface area contributed by atoms with Crippen LogP contribution in [0.5, 0.6) is 5.75 Å². The SMILES string of the molecule is COc1ccc(S(=O)(=O)N(CCO)CCO[C@@H]2C[C@H](c3ccsc3)C=C(C(=O)NCc3nc4ccccc4[nH]3)O2)cc1. The number of ether oxygens (including phenoxy) is 3. The molecule has 0 aliphatic carbocycles. The molecule has 2 aromatic carbocycles. The minimum absolute atomic E-state index is 0.00963. The van der Waals surface area contributed by atoms with Gasteiger partial charge in [-0.2, -0.15) is 15.6 Å². The number of sulfonamides is 1. The number of hydrogen-bond acceptors (Lipinski definition) is 9. The molecule has 1 aliphatic rings. The summed E-state index contributed by atoms with van der Waals surface area (Å²) < 4.78 is 44.6. The molecule has 0 saturated carbocycles. The van der Waals surface area contributed by atoms with Crippen LogP contribution in [0.1, 0.15) is 23.7 Å². The van der Waals surface area contributed by atoms with Crippen molar-refractivity contribution in [3.05, 3.63) is 88.6 Å². The van der Waals surface area contributed by atoms with Crippen LogP contribution in [0.2, 0.25) is 0 Å². The van der Waals surface area contributed by atoms with Crippen LogP contribution in [0.4, 0.5) is 0 Å². The Morgan fingerprint density at radius 1 is 1.19 bits per heavy atom. The summed E-state index contributed by atoms with van der Waals surface area (Å²) in [5, 5.41) is 16.4. The Morgan fingerprint density at radius 3 is 2.71 bits per heavy atom. The molecular formula is C29H32N4O7S2. The van der Waals surface area contributed by atoms with Gasteiger partial charge in [-0.3, -0.25) is 4.79 Å². The van der Waals surface area contributed by atoms with Crippen molar-refractivity contribution in [3.63, 3.8) is 0 Å². The van der Waals surface area contributed by atoms with E-state index in [1.807, 2.05) is 41.1 Å². The van der Waals surface area contributed by atoms with Crippen LogP contribution in [0, 0.1) is 0 Å². The predicted molar refractivity (Wildman–Crippen MR) is 157 cm³/mol. The second kappa shape index (κ2) is 13.5. The molecule has 0 spiro atoms. The Morgan fingerprint density at radius 2 is 2.00 bits per heavy atom. The first-order chi connectivity index (χ1) is 20.4. The molecule has 0 saturated heterocycles. The van der Waals surface area contributed by atoms with E-state index in [1.54, 1.807) is 29.5 Å². The van der Waals surface area contributed by atoms with Gasteiger partial charge in [0, 0.05) is 25.4 Å². The zero-order chi connectivity index (χ0) is 29.5. The van der Waals surface area contributed by atoms with Crippen molar-refractivity contribution >= 4 is 38.3 Å². The number of carbonyl (C=O) groups is 1. The average Bonchev–Trinajstić information content (AvgIpc) is 3.70. The number of nitrogens with zero attached hydrogens (tertiary/aromatic N) is 2. The predicted octanol–water partition coefficient (Wildman–Crippen LogP) is 3.36. The van der Waals surface area contributed by atoms with Gasteiger partial charge in [-0.1, -0.05) is 12.1 Å².